The lowest BCUT2D eigenvalue weighted by atomic mass is 9.91. The molecule has 0 aliphatic carbocycles. The summed E-state index contributed by atoms with van der Waals surface area (Å²) < 4.78 is 0. The highest BCUT2D eigenvalue weighted by atomic mass is 32.2. The second-order valence-electron chi connectivity index (χ2n) is 6.10. The minimum atomic E-state index is 0.431. The lowest BCUT2D eigenvalue weighted by Crippen LogP contribution is -2.12. The Hall–Kier alpha value is -0.470. The molecule has 0 amide bonds. The van der Waals surface area contributed by atoms with Crippen molar-refractivity contribution in [2.75, 3.05) is 12.8 Å². The van der Waals surface area contributed by atoms with Crippen molar-refractivity contribution in [1.29, 1.82) is 0 Å². The molecule has 0 saturated carbocycles. The van der Waals surface area contributed by atoms with Gasteiger partial charge in [-0.1, -0.05) is 32.9 Å². The zero-order valence-electron chi connectivity index (χ0n) is 12.4. The van der Waals surface area contributed by atoms with Gasteiger partial charge < -0.3 is 5.32 Å². The van der Waals surface area contributed by atoms with Crippen LogP contribution in [0.15, 0.2) is 29.2 Å². The van der Waals surface area contributed by atoms with Crippen molar-refractivity contribution >= 4 is 11.8 Å². The summed E-state index contributed by atoms with van der Waals surface area (Å²) in [6.07, 6.45) is 2.59. The van der Waals surface area contributed by atoms with Gasteiger partial charge in [0, 0.05) is 10.9 Å². The molecule has 0 aliphatic rings. The van der Waals surface area contributed by atoms with Crippen molar-refractivity contribution in [3.05, 3.63) is 29.8 Å². The Morgan fingerprint density at radius 3 is 2.61 bits per heavy atom. The maximum atomic E-state index is 3.29. The summed E-state index contributed by atoms with van der Waals surface area (Å²) >= 11 is 1.98. The molecule has 1 aromatic carbocycles. The molecule has 1 nitrogen and oxygen atoms in total. The van der Waals surface area contributed by atoms with E-state index in [0.717, 1.165) is 0 Å². The van der Waals surface area contributed by atoms with Crippen molar-refractivity contribution in [2.45, 2.75) is 51.5 Å². The minimum absolute atomic E-state index is 0.431. The molecule has 0 bridgehead atoms. The molecular formula is C16H27NS. The predicted octanol–water partition coefficient (Wildman–Crippen LogP) is 4.89. The smallest absolute Gasteiger partial charge is 0.0289 e. The van der Waals surface area contributed by atoms with Crippen LogP contribution in [0.2, 0.25) is 0 Å². The Morgan fingerprint density at radius 2 is 2.00 bits per heavy atom. The summed E-state index contributed by atoms with van der Waals surface area (Å²) in [5, 5.41) is 3.29. The first-order valence-corrected chi connectivity index (χ1v) is 7.81. The SMILES string of the molecule is CNC(C)c1cccc(SCCCC(C)(C)C)c1. The summed E-state index contributed by atoms with van der Waals surface area (Å²) in [6, 6.07) is 9.31. The Labute approximate surface area is 117 Å². The van der Waals surface area contributed by atoms with Gasteiger partial charge in [0.25, 0.3) is 0 Å². The highest BCUT2D eigenvalue weighted by Gasteiger charge is 2.09. The zero-order valence-corrected chi connectivity index (χ0v) is 13.2. The van der Waals surface area contributed by atoms with E-state index >= 15 is 0 Å². The van der Waals surface area contributed by atoms with Gasteiger partial charge in [0.1, 0.15) is 0 Å². The molecule has 0 fully saturated rings. The molecule has 0 aromatic heterocycles. The summed E-state index contributed by atoms with van der Waals surface area (Å²) in [4.78, 5) is 1.39. The van der Waals surface area contributed by atoms with Crippen molar-refractivity contribution < 1.29 is 0 Å². The first-order valence-electron chi connectivity index (χ1n) is 6.82. The largest absolute Gasteiger partial charge is 0.313 e. The maximum absolute atomic E-state index is 3.29. The van der Waals surface area contributed by atoms with E-state index in [1.54, 1.807) is 0 Å². The maximum Gasteiger partial charge on any atom is 0.0289 e. The lowest BCUT2D eigenvalue weighted by Gasteiger charge is -2.17. The lowest BCUT2D eigenvalue weighted by molar-refractivity contribution is 0.374. The molecule has 1 rings (SSSR count). The molecule has 0 spiro atoms. The van der Waals surface area contributed by atoms with E-state index in [2.05, 4.69) is 57.3 Å². The van der Waals surface area contributed by atoms with E-state index in [1.807, 2.05) is 18.8 Å². The quantitative estimate of drug-likeness (QED) is 0.581. The first-order chi connectivity index (χ1) is 8.42. The Morgan fingerprint density at radius 1 is 1.28 bits per heavy atom. The van der Waals surface area contributed by atoms with Crippen LogP contribution in [0.3, 0.4) is 0 Å². The molecule has 0 heterocycles. The van der Waals surface area contributed by atoms with Crippen molar-refractivity contribution in [2.24, 2.45) is 5.41 Å². The number of nitrogens with one attached hydrogen (secondary N) is 1. The number of benzene rings is 1. The molecular weight excluding hydrogens is 238 g/mol. The fraction of sp³-hybridized carbons (Fsp3) is 0.625. The minimum Gasteiger partial charge on any atom is -0.313 e. The average Bonchev–Trinajstić information content (AvgIpc) is 2.33. The van der Waals surface area contributed by atoms with Gasteiger partial charge in [0.2, 0.25) is 0 Å². The molecule has 1 N–H and O–H groups in total. The number of thioether (sulfide) groups is 1. The third kappa shape index (κ3) is 5.92. The first kappa shape index (κ1) is 15.6. The Kier molecular flexibility index (Phi) is 6.24. The molecule has 1 atom stereocenters. The normalized spacial score (nSPS) is 13.6. The molecule has 102 valence electrons. The molecule has 0 aliphatic heterocycles. The van der Waals surface area contributed by atoms with Gasteiger partial charge in [-0.25, -0.2) is 0 Å². The second-order valence-corrected chi connectivity index (χ2v) is 7.26. The summed E-state index contributed by atoms with van der Waals surface area (Å²) in [7, 11) is 2.01. The van der Waals surface area contributed by atoms with Gasteiger partial charge >= 0.3 is 0 Å². The Balaban J connectivity index is 2.43. The number of hydrogen-bond acceptors (Lipinski definition) is 2. The van der Waals surface area contributed by atoms with E-state index in [0.29, 0.717) is 11.5 Å². The van der Waals surface area contributed by atoms with E-state index in [4.69, 9.17) is 0 Å². The van der Waals surface area contributed by atoms with Crippen LogP contribution in [0.4, 0.5) is 0 Å². The van der Waals surface area contributed by atoms with Gasteiger partial charge in [-0.3, -0.25) is 0 Å². The molecule has 0 radical (unpaired) electrons. The third-order valence-electron chi connectivity index (χ3n) is 3.13. The fourth-order valence-corrected chi connectivity index (χ4v) is 2.75. The molecule has 1 aromatic rings. The zero-order chi connectivity index (χ0) is 13.6. The monoisotopic (exact) mass is 265 g/mol. The summed E-state index contributed by atoms with van der Waals surface area (Å²) in [5.74, 6) is 1.22. The van der Waals surface area contributed by atoms with Crippen LogP contribution < -0.4 is 5.32 Å². The highest BCUT2D eigenvalue weighted by molar-refractivity contribution is 7.99. The molecule has 18 heavy (non-hydrogen) atoms. The van der Waals surface area contributed by atoms with Gasteiger partial charge in [0.15, 0.2) is 0 Å². The number of rotatable bonds is 6. The van der Waals surface area contributed by atoms with Crippen LogP contribution in [-0.2, 0) is 0 Å². The van der Waals surface area contributed by atoms with Crippen molar-refractivity contribution in [3.8, 4) is 0 Å². The van der Waals surface area contributed by atoms with Crippen LogP contribution in [0.1, 0.15) is 52.1 Å². The Bertz CT molecular complexity index is 354. The van der Waals surface area contributed by atoms with E-state index < -0.39 is 0 Å². The third-order valence-corrected chi connectivity index (χ3v) is 4.21. The van der Waals surface area contributed by atoms with Gasteiger partial charge in [-0.2, -0.15) is 0 Å². The van der Waals surface area contributed by atoms with Crippen LogP contribution in [0, 0.1) is 5.41 Å². The number of hydrogen-bond donors (Lipinski definition) is 1. The predicted molar refractivity (Wildman–Crippen MR) is 83.3 cm³/mol. The molecule has 1 unspecified atom stereocenters. The second kappa shape index (κ2) is 7.20. The van der Waals surface area contributed by atoms with Crippen molar-refractivity contribution in [3.63, 3.8) is 0 Å². The molecule has 0 saturated heterocycles. The summed E-state index contributed by atoms with van der Waals surface area (Å²) in [6.45, 7) is 9.13. The summed E-state index contributed by atoms with van der Waals surface area (Å²) in [5.41, 5.74) is 1.83. The average molecular weight is 265 g/mol. The van der Waals surface area contributed by atoms with Gasteiger partial charge in [-0.05, 0) is 55.7 Å². The van der Waals surface area contributed by atoms with Crippen LogP contribution in [0.25, 0.3) is 0 Å². The van der Waals surface area contributed by atoms with E-state index in [1.165, 1.54) is 29.1 Å². The van der Waals surface area contributed by atoms with E-state index in [-0.39, 0.29) is 0 Å². The van der Waals surface area contributed by atoms with Gasteiger partial charge in [-0.15, -0.1) is 11.8 Å². The molecule has 2 heteroatoms. The van der Waals surface area contributed by atoms with Gasteiger partial charge in [0.05, 0.1) is 0 Å². The van der Waals surface area contributed by atoms with Crippen LogP contribution >= 0.6 is 11.8 Å². The topological polar surface area (TPSA) is 12.0 Å². The van der Waals surface area contributed by atoms with Crippen LogP contribution in [0.5, 0.6) is 0 Å². The van der Waals surface area contributed by atoms with E-state index in [9.17, 15) is 0 Å². The highest BCUT2D eigenvalue weighted by Crippen LogP contribution is 2.26. The fourth-order valence-electron chi connectivity index (χ4n) is 1.83. The standard InChI is InChI=1S/C16H27NS/c1-13(17-5)14-8-6-9-15(12-14)18-11-7-10-16(2,3)4/h6,8-9,12-13,17H,7,10-11H2,1-5H3. The van der Waals surface area contributed by atoms with Crippen molar-refractivity contribution in [1.82, 2.24) is 5.32 Å². The van der Waals surface area contributed by atoms with Crippen LogP contribution in [-0.4, -0.2) is 12.8 Å².